The van der Waals surface area contributed by atoms with E-state index in [9.17, 15) is 16.8 Å². The summed E-state index contributed by atoms with van der Waals surface area (Å²) in [4.78, 5) is 11.3. The lowest BCUT2D eigenvalue weighted by Crippen LogP contribution is -2.34. The monoisotopic (exact) mass is 601 g/mol. The third-order valence-corrected chi connectivity index (χ3v) is 10.5. The Morgan fingerprint density at radius 3 is 2.05 bits per heavy atom. The average molecular weight is 603 g/mol. The number of anilines is 3. The molecule has 5 rings (SSSR count). The summed E-state index contributed by atoms with van der Waals surface area (Å²) < 4.78 is 57.2. The predicted octanol–water partition coefficient (Wildman–Crippen LogP) is 4.73. The van der Waals surface area contributed by atoms with E-state index in [1.807, 2.05) is 12.1 Å². The van der Waals surface area contributed by atoms with Gasteiger partial charge in [-0.15, -0.1) is 0 Å². The SMILES string of the molecule is CCN(CC)S(=O)(=O)c1cccc(N2CN(S(=O)(=O)c3ccc(Br)cc3)c3nc4ccccc4nc32)c1. The third-order valence-electron chi connectivity index (χ3n) is 6.17. The molecule has 4 aromatic rings. The van der Waals surface area contributed by atoms with Gasteiger partial charge in [-0.25, -0.2) is 31.1 Å². The number of hydrogen-bond acceptors (Lipinski definition) is 7. The van der Waals surface area contributed by atoms with Crippen molar-refractivity contribution < 1.29 is 16.8 Å². The van der Waals surface area contributed by atoms with Gasteiger partial charge in [-0.2, -0.15) is 4.31 Å². The molecule has 3 aromatic carbocycles. The molecule has 0 saturated heterocycles. The first kappa shape index (κ1) is 25.6. The maximum Gasteiger partial charge on any atom is 0.267 e. The molecule has 1 aliphatic rings. The molecule has 1 aliphatic heterocycles. The molecule has 0 N–H and O–H groups in total. The number of aromatic nitrogens is 2. The molecular formula is C25H24BrN5O4S2. The highest BCUT2D eigenvalue weighted by molar-refractivity contribution is 9.10. The maximum absolute atomic E-state index is 13.7. The second-order valence-electron chi connectivity index (χ2n) is 8.32. The molecule has 37 heavy (non-hydrogen) atoms. The molecule has 0 atom stereocenters. The van der Waals surface area contributed by atoms with Gasteiger partial charge in [0.05, 0.1) is 20.8 Å². The zero-order valence-electron chi connectivity index (χ0n) is 20.1. The molecule has 0 bridgehead atoms. The van der Waals surface area contributed by atoms with Crippen molar-refractivity contribution in [3.8, 4) is 0 Å². The number of rotatable bonds is 7. The van der Waals surface area contributed by atoms with Crippen LogP contribution in [-0.2, 0) is 20.0 Å². The predicted molar refractivity (Wildman–Crippen MR) is 147 cm³/mol. The summed E-state index contributed by atoms with van der Waals surface area (Å²) in [5.74, 6) is 0.510. The molecule has 1 aromatic heterocycles. The molecule has 12 heteroatoms. The van der Waals surface area contributed by atoms with Gasteiger partial charge in [0.15, 0.2) is 11.6 Å². The third kappa shape index (κ3) is 4.48. The Morgan fingerprint density at radius 2 is 1.43 bits per heavy atom. The quantitative estimate of drug-likeness (QED) is 0.301. The van der Waals surface area contributed by atoms with Gasteiger partial charge in [0, 0.05) is 23.2 Å². The second kappa shape index (κ2) is 9.67. The topological polar surface area (TPSA) is 104 Å². The molecule has 0 unspecified atom stereocenters. The highest BCUT2D eigenvalue weighted by Crippen LogP contribution is 2.42. The first-order valence-corrected chi connectivity index (χ1v) is 15.3. The van der Waals surface area contributed by atoms with E-state index >= 15 is 0 Å². The van der Waals surface area contributed by atoms with Crippen molar-refractivity contribution >= 4 is 64.3 Å². The number of nitrogens with zero attached hydrogens (tertiary/aromatic N) is 5. The zero-order valence-corrected chi connectivity index (χ0v) is 23.3. The van der Waals surface area contributed by atoms with Gasteiger partial charge in [0.2, 0.25) is 10.0 Å². The standard InChI is InChI=1S/C25H24BrN5O4S2/c1-3-29(4-2)36(32,33)21-9-7-8-19(16-21)30-17-31(37(34,35)20-14-12-18(26)13-15-20)25-24(30)27-22-10-5-6-11-23(22)28-25/h5-16H,3-4,17H2,1-2H3. The van der Waals surface area contributed by atoms with Crippen LogP contribution in [0.4, 0.5) is 17.3 Å². The van der Waals surface area contributed by atoms with E-state index in [1.54, 1.807) is 61.2 Å². The Labute approximate surface area is 224 Å². The van der Waals surface area contributed by atoms with E-state index in [4.69, 9.17) is 4.98 Å². The van der Waals surface area contributed by atoms with Crippen molar-refractivity contribution in [2.24, 2.45) is 0 Å². The van der Waals surface area contributed by atoms with Crippen LogP contribution in [0.3, 0.4) is 0 Å². The smallest absolute Gasteiger partial charge is 0.267 e. The van der Waals surface area contributed by atoms with Gasteiger partial charge in [-0.1, -0.05) is 48.0 Å². The van der Waals surface area contributed by atoms with Crippen LogP contribution < -0.4 is 9.21 Å². The van der Waals surface area contributed by atoms with Crippen molar-refractivity contribution in [1.82, 2.24) is 14.3 Å². The first-order chi connectivity index (χ1) is 17.7. The molecule has 0 spiro atoms. The van der Waals surface area contributed by atoms with E-state index in [-0.39, 0.29) is 22.3 Å². The minimum Gasteiger partial charge on any atom is -0.304 e. The average Bonchev–Trinajstić information content (AvgIpc) is 3.27. The molecule has 0 aliphatic carbocycles. The highest BCUT2D eigenvalue weighted by atomic mass is 79.9. The van der Waals surface area contributed by atoms with Gasteiger partial charge in [0.25, 0.3) is 10.0 Å². The molecule has 9 nitrogen and oxygen atoms in total. The van der Waals surface area contributed by atoms with Gasteiger partial charge >= 0.3 is 0 Å². The normalized spacial score (nSPS) is 13.9. The van der Waals surface area contributed by atoms with E-state index in [0.717, 1.165) is 4.47 Å². The molecular weight excluding hydrogens is 578 g/mol. The number of fused-ring (bicyclic) bond motifs is 2. The van der Waals surface area contributed by atoms with Gasteiger partial charge in [0.1, 0.15) is 6.67 Å². The van der Waals surface area contributed by atoms with Crippen LogP contribution in [0.2, 0.25) is 0 Å². The zero-order chi connectivity index (χ0) is 26.4. The van der Waals surface area contributed by atoms with Crippen LogP contribution in [-0.4, -0.2) is 50.9 Å². The fourth-order valence-electron chi connectivity index (χ4n) is 4.24. The van der Waals surface area contributed by atoms with Crippen molar-refractivity contribution in [3.63, 3.8) is 0 Å². The summed E-state index contributed by atoms with van der Waals surface area (Å²) in [7, 11) is -7.72. The van der Waals surface area contributed by atoms with Crippen LogP contribution in [0.5, 0.6) is 0 Å². The highest BCUT2D eigenvalue weighted by Gasteiger charge is 2.39. The number of halogens is 1. The summed E-state index contributed by atoms with van der Waals surface area (Å²) in [5, 5.41) is 0. The Bertz CT molecular complexity index is 1690. The van der Waals surface area contributed by atoms with Crippen LogP contribution in [0, 0.1) is 0 Å². The minimum atomic E-state index is -4.00. The lowest BCUT2D eigenvalue weighted by Gasteiger charge is -2.22. The molecule has 0 amide bonds. The van der Waals surface area contributed by atoms with Gasteiger partial charge in [-0.05, 0) is 54.6 Å². The second-order valence-corrected chi connectivity index (χ2v) is 13.0. The number of para-hydroxylation sites is 2. The van der Waals surface area contributed by atoms with Gasteiger partial charge in [-0.3, -0.25) is 0 Å². The van der Waals surface area contributed by atoms with Crippen LogP contribution in [0.1, 0.15) is 13.8 Å². The number of sulfonamides is 2. The Morgan fingerprint density at radius 1 is 0.811 bits per heavy atom. The van der Waals surface area contributed by atoms with E-state index in [2.05, 4.69) is 20.9 Å². The molecule has 0 saturated carbocycles. The van der Waals surface area contributed by atoms with E-state index in [0.29, 0.717) is 35.6 Å². The van der Waals surface area contributed by atoms with E-state index in [1.165, 1.54) is 26.8 Å². The van der Waals surface area contributed by atoms with Crippen LogP contribution >= 0.6 is 15.9 Å². The van der Waals surface area contributed by atoms with Crippen LogP contribution in [0.15, 0.2) is 87.1 Å². The minimum absolute atomic E-state index is 0.108. The molecule has 0 fully saturated rings. The largest absolute Gasteiger partial charge is 0.304 e. The molecule has 0 radical (unpaired) electrons. The maximum atomic E-state index is 13.7. The van der Waals surface area contributed by atoms with Crippen molar-refractivity contribution in [3.05, 3.63) is 77.3 Å². The lowest BCUT2D eigenvalue weighted by molar-refractivity contribution is 0.445. The fourth-order valence-corrected chi connectivity index (χ4v) is 7.36. The van der Waals surface area contributed by atoms with Crippen LogP contribution in [0.25, 0.3) is 11.0 Å². The summed E-state index contributed by atoms with van der Waals surface area (Å²) in [5.41, 5.74) is 1.64. The first-order valence-electron chi connectivity index (χ1n) is 11.6. The van der Waals surface area contributed by atoms with Crippen molar-refractivity contribution in [1.29, 1.82) is 0 Å². The Kier molecular flexibility index (Phi) is 6.69. The Balaban J connectivity index is 1.66. The summed E-state index contributed by atoms with van der Waals surface area (Å²) in [6.45, 7) is 4.14. The van der Waals surface area contributed by atoms with Crippen molar-refractivity contribution in [2.45, 2.75) is 23.6 Å². The summed E-state index contributed by atoms with van der Waals surface area (Å²) in [6.07, 6.45) is 0. The summed E-state index contributed by atoms with van der Waals surface area (Å²) in [6, 6.07) is 20.0. The Hall–Kier alpha value is -3.06. The van der Waals surface area contributed by atoms with Gasteiger partial charge < -0.3 is 4.90 Å². The fraction of sp³-hybridized carbons (Fsp3) is 0.200. The number of benzene rings is 3. The molecule has 2 heterocycles. The number of hydrogen-bond donors (Lipinski definition) is 0. The van der Waals surface area contributed by atoms with E-state index < -0.39 is 20.0 Å². The molecule has 192 valence electrons. The summed E-state index contributed by atoms with van der Waals surface area (Å²) >= 11 is 3.34. The lowest BCUT2D eigenvalue weighted by atomic mass is 10.3. The van der Waals surface area contributed by atoms with Crippen molar-refractivity contribution in [2.75, 3.05) is 29.0 Å².